The summed E-state index contributed by atoms with van der Waals surface area (Å²) in [5.41, 5.74) is 6.93. The van der Waals surface area contributed by atoms with Crippen molar-refractivity contribution in [1.82, 2.24) is 0 Å². The first-order valence-corrected chi connectivity index (χ1v) is 5.55. The van der Waals surface area contributed by atoms with E-state index in [2.05, 4.69) is 22.1 Å². The molecular weight excluding hydrogens is 161 g/mol. The first kappa shape index (κ1) is 10.5. The Morgan fingerprint density at radius 1 is 1.80 bits per heavy atom. The SMILES string of the molecule is C=C(CP)[C@@H](N)CCSC. The molecule has 1 unspecified atom stereocenters. The Labute approximate surface area is 70.0 Å². The zero-order valence-corrected chi connectivity index (χ0v) is 8.44. The maximum atomic E-state index is 5.79. The summed E-state index contributed by atoms with van der Waals surface area (Å²) in [4.78, 5) is 0. The van der Waals surface area contributed by atoms with Crippen LogP contribution in [0.15, 0.2) is 12.2 Å². The van der Waals surface area contributed by atoms with Crippen LogP contribution in [0.3, 0.4) is 0 Å². The second kappa shape index (κ2) is 6.21. The molecular formula is C7H16NPS. The molecule has 0 aromatic rings. The van der Waals surface area contributed by atoms with Crippen LogP contribution in [-0.4, -0.2) is 24.2 Å². The van der Waals surface area contributed by atoms with Crippen molar-refractivity contribution in [1.29, 1.82) is 0 Å². The maximum Gasteiger partial charge on any atom is 0.0262 e. The van der Waals surface area contributed by atoms with E-state index in [-0.39, 0.29) is 6.04 Å². The Balaban J connectivity index is 3.41. The number of rotatable bonds is 5. The summed E-state index contributed by atoms with van der Waals surface area (Å²) in [6, 6.07) is 0.199. The molecule has 0 amide bonds. The quantitative estimate of drug-likeness (QED) is 0.508. The molecule has 2 atom stereocenters. The fourth-order valence-electron chi connectivity index (χ4n) is 0.600. The summed E-state index contributed by atoms with van der Waals surface area (Å²) in [6.07, 6.45) is 4.07. The van der Waals surface area contributed by atoms with Crippen molar-refractivity contribution in [2.75, 3.05) is 18.2 Å². The molecule has 10 heavy (non-hydrogen) atoms. The minimum atomic E-state index is 0.199. The molecule has 3 heteroatoms. The van der Waals surface area contributed by atoms with Crippen molar-refractivity contribution in [3.05, 3.63) is 12.2 Å². The lowest BCUT2D eigenvalue weighted by Gasteiger charge is -2.11. The van der Waals surface area contributed by atoms with Crippen LogP contribution in [0.4, 0.5) is 0 Å². The fraction of sp³-hybridized carbons (Fsp3) is 0.714. The van der Waals surface area contributed by atoms with Crippen molar-refractivity contribution in [2.45, 2.75) is 12.5 Å². The molecule has 0 aliphatic heterocycles. The second-order valence-electron chi connectivity index (χ2n) is 2.25. The Morgan fingerprint density at radius 3 is 2.80 bits per heavy atom. The molecule has 0 saturated carbocycles. The Bertz CT molecular complexity index is 106. The molecule has 0 heterocycles. The van der Waals surface area contributed by atoms with E-state index in [1.54, 1.807) is 0 Å². The van der Waals surface area contributed by atoms with E-state index in [1.807, 2.05) is 11.8 Å². The third-order valence-electron chi connectivity index (χ3n) is 1.42. The molecule has 0 aliphatic rings. The highest BCUT2D eigenvalue weighted by Gasteiger charge is 2.03. The van der Waals surface area contributed by atoms with Crippen LogP contribution >= 0.6 is 21.0 Å². The van der Waals surface area contributed by atoms with Crippen molar-refractivity contribution in [3.63, 3.8) is 0 Å². The summed E-state index contributed by atoms with van der Waals surface area (Å²) in [5, 5.41) is 0. The lowest BCUT2D eigenvalue weighted by Crippen LogP contribution is -2.23. The van der Waals surface area contributed by atoms with E-state index >= 15 is 0 Å². The van der Waals surface area contributed by atoms with Gasteiger partial charge < -0.3 is 5.73 Å². The third-order valence-corrected chi connectivity index (χ3v) is 2.59. The van der Waals surface area contributed by atoms with Crippen LogP contribution in [0.2, 0.25) is 0 Å². The highest BCUT2D eigenvalue weighted by atomic mass is 32.2. The smallest absolute Gasteiger partial charge is 0.0262 e. The number of hydrogen-bond acceptors (Lipinski definition) is 2. The van der Waals surface area contributed by atoms with Gasteiger partial charge in [0.05, 0.1) is 0 Å². The van der Waals surface area contributed by atoms with Gasteiger partial charge in [-0.3, -0.25) is 0 Å². The predicted octanol–water partition coefficient (Wildman–Crippen LogP) is 1.50. The van der Waals surface area contributed by atoms with E-state index in [9.17, 15) is 0 Å². The average Bonchev–Trinajstić information content (AvgIpc) is 1.98. The Kier molecular flexibility index (Phi) is 6.50. The lowest BCUT2D eigenvalue weighted by atomic mass is 10.1. The van der Waals surface area contributed by atoms with Crippen molar-refractivity contribution in [2.24, 2.45) is 5.73 Å². The van der Waals surface area contributed by atoms with Crippen LogP contribution in [-0.2, 0) is 0 Å². The number of thioether (sulfide) groups is 1. The molecule has 0 aliphatic carbocycles. The largest absolute Gasteiger partial charge is 0.324 e. The van der Waals surface area contributed by atoms with Crippen molar-refractivity contribution < 1.29 is 0 Å². The van der Waals surface area contributed by atoms with Gasteiger partial charge in [-0.15, -0.1) is 9.24 Å². The van der Waals surface area contributed by atoms with E-state index in [0.29, 0.717) is 0 Å². The van der Waals surface area contributed by atoms with Gasteiger partial charge in [-0.2, -0.15) is 11.8 Å². The second-order valence-corrected chi connectivity index (χ2v) is 3.64. The highest BCUT2D eigenvalue weighted by molar-refractivity contribution is 7.98. The zero-order chi connectivity index (χ0) is 7.98. The molecule has 0 aromatic heterocycles. The summed E-state index contributed by atoms with van der Waals surface area (Å²) in [5.74, 6) is 1.13. The molecule has 0 rings (SSSR count). The molecule has 2 N–H and O–H groups in total. The predicted molar refractivity (Wildman–Crippen MR) is 54.7 cm³/mol. The van der Waals surface area contributed by atoms with E-state index in [1.165, 1.54) is 0 Å². The average molecular weight is 177 g/mol. The molecule has 0 bridgehead atoms. The van der Waals surface area contributed by atoms with Crippen molar-refractivity contribution >= 4 is 21.0 Å². The minimum Gasteiger partial charge on any atom is -0.324 e. The molecule has 1 nitrogen and oxygen atoms in total. The normalized spacial score (nSPS) is 13.1. The van der Waals surface area contributed by atoms with Gasteiger partial charge in [0.15, 0.2) is 0 Å². The zero-order valence-electron chi connectivity index (χ0n) is 6.47. The number of nitrogens with two attached hydrogens (primary N) is 1. The van der Waals surface area contributed by atoms with E-state index in [0.717, 1.165) is 23.9 Å². The van der Waals surface area contributed by atoms with E-state index < -0.39 is 0 Å². The molecule has 0 fully saturated rings. The molecule has 0 aromatic carbocycles. The third kappa shape index (κ3) is 4.32. The first-order chi connectivity index (χ1) is 4.72. The van der Waals surface area contributed by atoms with E-state index in [4.69, 9.17) is 5.73 Å². The van der Waals surface area contributed by atoms with Gasteiger partial charge in [-0.25, -0.2) is 0 Å². The van der Waals surface area contributed by atoms with Gasteiger partial charge >= 0.3 is 0 Å². The van der Waals surface area contributed by atoms with Gasteiger partial charge in [0.25, 0.3) is 0 Å². The maximum absolute atomic E-state index is 5.79. The Hall–Kier alpha value is 0.480. The molecule has 60 valence electrons. The standard InChI is InChI=1S/C7H16NPS/c1-6(5-9)7(8)3-4-10-2/h7H,1,3-5,8-9H2,2H3/t7-/m0/s1. The number of hydrogen-bond donors (Lipinski definition) is 1. The fourth-order valence-corrected chi connectivity index (χ4v) is 1.39. The van der Waals surface area contributed by atoms with Crippen LogP contribution in [0, 0.1) is 0 Å². The first-order valence-electron chi connectivity index (χ1n) is 3.34. The summed E-state index contributed by atoms with van der Waals surface area (Å²) >= 11 is 1.83. The lowest BCUT2D eigenvalue weighted by molar-refractivity contribution is 0.752. The van der Waals surface area contributed by atoms with Crippen LogP contribution in [0.1, 0.15) is 6.42 Å². The molecule has 0 saturated heterocycles. The van der Waals surface area contributed by atoms with Crippen LogP contribution in [0.25, 0.3) is 0 Å². The monoisotopic (exact) mass is 177 g/mol. The van der Waals surface area contributed by atoms with Gasteiger partial charge in [0.1, 0.15) is 0 Å². The van der Waals surface area contributed by atoms with Gasteiger partial charge in [0.2, 0.25) is 0 Å². The van der Waals surface area contributed by atoms with Gasteiger partial charge in [0, 0.05) is 6.04 Å². The summed E-state index contributed by atoms with van der Waals surface area (Å²) in [7, 11) is 2.64. The summed E-state index contributed by atoms with van der Waals surface area (Å²) in [6.45, 7) is 3.87. The minimum absolute atomic E-state index is 0.199. The Morgan fingerprint density at radius 2 is 2.40 bits per heavy atom. The van der Waals surface area contributed by atoms with Crippen molar-refractivity contribution in [3.8, 4) is 0 Å². The van der Waals surface area contributed by atoms with Crippen LogP contribution in [0.5, 0.6) is 0 Å². The van der Waals surface area contributed by atoms with Crippen LogP contribution < -0.4 is 5.73 Å². The van der Waals surface area contributed by atoms with Gasteiger partial charge in [-0.05, 0) is 24.6 Å². The topological polar surface area (TPSA) is 26.0 Å². The molecule has 0 spiro atoms. The summed E-state index contributed by atoms with van der Waals surface area (Å²) < 4.78 is 0. The molecule has 0 radical (unpaired) electrons. The van der Waals surface area contributed by atoms with Gasteiger partial charge in [-0.1, -0.05) is 12.2 Å². The highest BCUT2D eigenvalue weighted by Crippen LogP contribution is 2.07.